The van der Waals surface area contributed by atoms with Crippen LogP contribution in [-0.4, -0.2) is 41.6 Å². The van der Waals surface area contributed by atoms with Crippen molar-refractivity contribution in [2.24, 2.45) is 5.92 Å². The van der Waals surface area contributed by atoms with E-state index in [1.165, 1.54) is 12.3 Å². The Hall–Kier alpha value is -1.14. The maximum absolute atomic E-state index is 12.7. The first-order valence-electron chi connectivity index (χ1n) is 6.92. The Kier molecular flexibility index (Phi) is 3.94. The molecule has 1 saturated heterocycles. The lowest BCUT2D eigenvalue weighted by molar-refractivity contribution is 0.0705. The van der Waals surface area contributed by atoms with Crippen LogP contribution in [0, 0.1) is 5.92 Å². The summed E-state index contributed by atoms with van der Waals surface area (Å²) in [6.07, 6.45) is 4.65. The lowest BCUT2D eigenvalue weighted by Crippen LogP contribution is -2.38. The number of amides is 1. The molecule has 20 heavy (non-hydrogen) atoms. The van der Waals surface area contributed by atoms with Gasteiger partial charge in [0.15, 0.2) is 0 Å². The minimum atomic E-state index is -0.253. The summed E-state index contributed by atoms with van der Waals surface area (Å²) in [6.45, 7) is 2.24. The number of carbonyl (C=O) groups excluding carboxylic acids is 1. The molecule has 0 spiro atoms. The number of hydrogen-bond acceptors (Lipinski definition) is 3. The van der Waals surface area contributed by atoms with Crippen LogP contribution in [-0.2, 0) is 4.74 Å². The number of halogens is 1. The fourth-order valence-electron chi connectivity index (χ4n) is 2.56. The minimum Gasteiger partial charge on any atom is -0.381 e. The molecule has 0 aromatic carbocycles. The Labute approximate surface area is 125 Å². The average molecular weight is 341 g/mol. The number of H-pyrrole nitrogens is 1. The number of ether oxygens (including phenoxy) is 1. The standard InChI is InChI=1S/C14H17BrN2O3/c15-12-6-16-13(18)5-11(12)14(19)17(10-1-2-10)7-9-3-4-20-8-9/h5-6,9-10H,1-4,7-8H2,(H,16,18). The van der Waals surface area contributed by atoms with Crippen molar-refractivity contribution < 1.29 is 9.53 Å². The summed E-state index contributed by atoms with van der Waals surface area (Å²) in [6, 6.07) is 1.70. The van der Waals surface area contributed by atoms with Crippen LogP contribution in [0.2, 0.25) is 0 Å². The number of pyridine rings is 1. The Balaban J connectivity index is 1.81. The predicted octanol–water partition coefficient (Wildman–Crippen LogP) is 1.78. The topological polar surface area (TPSA) is 62.4 Å². The second-order valence-electron chi connectivity index (χ2n) is 5.48. The van der Waals surface area contributed by atoms with Gasteiger partial charge in [-0.3, -0.25) is 9.59 Å². The van der Waals surface area contributed by atoms with Crippen molar-refractivity contribution in [2.75, 3.05) is 19.8 Å². The number of aromatic nitrogens is 1. The normalized spacial score (nSPS) is 21.9. The molecule has 1 aliphatic carbocycles. The van der Waals surface area contributed by atoms with Gasteiger partial charge in [0, 0.05) is 41.8 Å². The maximum Gasteiger partial charge on any atom is 0.255 e. The van der Waals surface area contributed by atoms with Crippen molar-refractivity contribution in [3.05, 3.63) is 32.7 Å². The number of carbonyl (C=O) groups is 1. The number of aromatic amines is 1. The third-order valence-electron chi connectivity index (χ3n) is 3.83. The van der Waals surface area contributed by atoms with E-state index in [0.717, 1.165) is 39.0 Å². The van der Waals surface area contributed by atoms with E-state index in [-0.39, 0.29) is 11.5 Å². The zero-order valence-corrected chi connectivity index (χ0v) is 12.7. The van der Waals surface area contributed by atoms with Gasteiger partial charge in [0.25, 0.3) is 5.91 Å². The summed E-state index contributed by atoms with van der Waals surface area (Å²) in [5, 5.41) is 0. The Morgan fingerprint density at radius 3 is 2.90 bits per heavy atom. The number of hydrogen-bond donors (Lipinski definition) is 1. The lowest BCUT2D eigenvalue weighted by Gasteiger charge is -2.25. The van der Waals surface area contributed by atoms with E-state index in [1.807, 2.05) is 4.90 Å². The zero-order chi connectivity index (χ0) is 14.1. The predicted molar refractivity (Wildman–Crippen MR) is 77.7 cm³/mol. The first kappa shape index (κ1) is 13.8. The van der Waals surface area contributed by atoms with Crippen LogP contribution < -0.4 is 5.56 Å². The average Bonchev–Trinajstić information content (AvgIpc) is 3.15. The number of nitrogens with one attached hydrogen (secondary N) is 1. The highest BCUT2D eigenvalue weighted by Gasteiger charge is 2.35. The van der Waals surface area contributed by atoms with Gasteiger partial charge in [-0.2, -0.15) is 0 Å². The molecule has 5 nitrogen and oxygen atoms in total. The second kappa shape index (κ2) is 5.69. The monoisotopic (exact) mass is 340 g/mol. The molecule has 0 bridgehead atoms. The molecule has 1 unspecified atom stereocenters. The molecule has 3 rings (SSSR count). The van der Waals surface area contributed by atoms with E-state index in [2.05, 4.69) is 20.9 Å². The zero-order valence-electron chi connectivity index (χ0n) is 11.1. The molecule has 1 aromatic heterocycles. The Bertz CT molecular complexity index is 562. The van der Waals surface area contributed by atoms with Gasteiger partial charge in [-0.1, -0.05) is 0 Å². The molecule has 1 N–H and O–H groups in total. The molecule has 1 amide bonds. The molecule has 2 heterocycles. The van der Waals surface area contributed by atoms with Gasteiger partial charge in [-0.15, -0.1) is 0 Å². The van der Waals surface area contributed by atoms with E-state index >= 15 is 0 Å². The third kappa shape index (κ3) is 2.96. The summed E-state index contributed by atoms with van der Waals surface area (Å²) in [5.41, 5.74) is 0.191. The van der Waals surface area contributed by atoms with Crippen LogP contribution in [0.25, 0.3) is 0 Å². The van der Waals surface area contributed by atoms with Crippen molar-refractivity contribution in [3.8, 4) is 0 Å². The van der Waals surface area contributed by atoms with E-state index in [4.69, 9.17) is 4.74 Å². The van der Waals surface area contributed by atoms with Crippen LogP contribution in [0.1, 0.15) is 29.6 Å². The quantitative estimate of drug-likeness (QED) is 0.908. The fourth-order valence-corrected chi connectivity index (χ4v) is 2.96. The molecule has 1 aliphatic heterocycles. The van der Waals surface area contributed by atoms with Gasteiger partial charge >= 0.3 is 0 Å². The van der Waals surface area contributed by atoms with Gasteiger partial charge in [0.2, 0.25) is 5.56 Å². The maximum atomic E-state index is 12.7. The second-order valence-corrected chi connectivity index (χ2v) is 6.33. The van der Waals surface area contributed by atoms with Crippen molar-refractivity contribution in [2.45, 2.75) is 25.3 Å². The van der Waals surface area contributed by atoms with Gasteiger partial charge in [0.05, 0.1) is 12.2 Å². The molecule has 2 fully saturated rings. The van der Waals surface area contributed by atoms with E-state index < -0.39 is 0 Å². The van der Waals surface area contributed by atoms with Crippen molar-refractivity contribution in [1.29, 1.82) is 0 Å². The first-order valence-corrected chi connectivity index (χ1v) is 7.71. The van der Waals surface area contributed by atoms with Gasteiger partial charge < -0.3 is 14.6 Å². The molecule has 1 aromatic rings. The molecule has 0 radical (unpaired) electrons. The molecular weight excluding hydrogens is 324 g/mol. The highest BCUT2D eigenvalue weighted by molar-refractivity contribution is 9.10. The lowest BCUT2D eigenvalue weighted by atomic mass is 10.1. The summed E-state index contributed by atoms with van der Waals surface area (Å²) in [7, 11) is 0. The van der Waals surface area contributed by atoms with Gasteiger partial charge in [-0.25, -0.2) is 0 Å². The van der Waals surface area contributed by atoms with E-state index in [1.54, 1.807) is 0 Å². The van der Waals surface area contributed by atoms with Crippen LogP contribution in [0.4, 0.5) is 0 Å². The Morgan fingerprint density at radius 1 is 1.45 bits per heavy atom. The molecular formula is C14H17BrN2O3. The van der Waals surface area contributed by atoms with E-state index in [0.29, 0.717) is 22.0 Å². The molecule has 108 valence electrons. The molecule has 1 atom stereocenters. The van der Waals surface area contributed by atoms with Gasteiger partial charge in [0.1, 0.15) is 0 Å². The van der Waals surface area contributed by atoms with Crippen LogP contribution in [0.15, 0.2) is 21.5 Å². The van der Waals surface area contributed by atoms with Crippen molar-refractivity contribution in [3.63, 3.8) is 0 Å². The number of rotatable bonds is 4. The van der Waals surface area contributed by atoms with Gasteiger partial charge in [-0.05, 0) is 35.2 Å². The summed E-state index contributed by atoms with van der Waals surface area (Å²) >= 11 is 3.34. The summed E-state index contributed by atoms with van der Waals surface area (Å²) < 4.78 is 6.02. The third-order valence-corrected chi connectivity index (χ3v) is 4.49. The first-order chi connectivity index (χ1) is 9.65. The largest absolute Gasteiger partial charge is 0.381 e. The molecule has 6 heteroatoms. The van der Waals surface area contributed by atoms with Crippen LogP contribution in [0.5, 0.6) is 0 Å². The smallest absolute Gasteiger partial charge is 0.255 e. The number of nitrogens with zero attached hydrogens (tertiary/aromatic N) is 1. The van der Waals surface area contributed by atoms with Crippen molar-refractivity contribution in [1.82, 2.24) is 9.88 Å². The molecule has 1 saturated carbocycles. The van der Waals surface area contributed by atoms with E-state index in [9.17, 15) is 9.59 Å². The Morgan fingerprint density at radius 2 is 2.25 bits per heavy atom. The van der Waals surface area contributed by atoms with Crippen LogP contribution >= 0.6 is 15.9 Å². The minimum absolute atomic E-state index is 0.0580. The highest BCUT2D eigenvalue weighted by Crippen LogP contribution is 2.31. The SMILES string of the molecule is O=C(c1cc(=O)[nH]cc1Br)N(CC1CCOC1)C1CC1. The summed E-state index contributed by atoms with van der Waals surface area (Å²) in [4.78, 5) is 28.6. The van der Waals surface area contributed by atoms with Crippen LogP contribution in [0.3, 0.4) is 0 Å². The highest BCUT2D eigenvalue weighted by atomic mass is 79.9. The molecule has 2 aliphatic rings. The van der Waals surface area contributed by atoms with Crippen molar-refractivity contribution >= 4 is 21.8 Å². The fraction of sp³-hybridized carbons (Fsp3) is 0.571. The summed E-state index contributed by atoms with van der Waals surface area (Å²) in [5.74, 6) is 0.359.